The monoisotopic (exact) mass is 368 g/mol. The molecule has 0 unspecified atom stereocenters. The third kappa shape index (κ3) is 4.52. The second kappa shape index (κ2) is 8.03. The number of carbonyl (C=O) groups is 2. The van der Waals surface area contributed by atoms with Crippen LogP contribution >= 0.6 is 0 Å². The van der Waals surface area contributed by atoms with Gasteiger partial charge in [-0.25, -0.2) is 4.98 Å². The molecule has 142 valence electrons. The van der Waals surface area contributed by atoms with Crippen LogP contribution in [0.3, 0.4) is 0 Å². The number of aromatic nitrogens is 2. The number of anilines is 4. The summed E-state index contributed by atoms with van der Waals surface area (Å²) in [6.07, 6.45) is 5.88. The van der Waals surface area contributed by atoms with Crippen LogP contribution in [0.25, 0.3) is 0 Å². The number of hydrogen-bond donors (Lipinski definition) is 3. The van der Waals surface area contributed by atoms with E-state index in [4.69, 9.17) is 5.73 Å². The molecule has 3 rings (SSSR count). The van der Waals surface area contributed by atoms with Crippen molar-refractivity contribution in [2.45, 2.75) is 38.6 Å². The molecule has 8 heteroatoms. The topological polar surface area (TPSA) is 113 Å². The van der Waals surface area contributed by atoms with Crippen molar-refractivity contribution in [1.82, 2.24) is 9.97 Å². The highest BCUT2D eigenvalue weighted by Gasteiger charge is 2.19. The Labute approximate surface area is 158 Å². The summed E-state index contributed by atoms with van der Waals surface area (Å²) >= 11 is 0. The lowest BCUT2D eigenvalue weighted by atomic mass is 10.2. The van der Waals surface area contributed by atoms with Crippen molar-refractivity contribution in [2.24, 2.45) is 5.73 Å². The second-order valence-electron chi connectivity index (χ2n) is 6.70. The van der Waals surface area contributed by atoms with Gasteiger partial charge < -0.3 is 21.3 Å². The Morgan fingerprint density at radius 2 is 1.85 bits per heavy atom. The number of amides is 2. The van der Waals surface area contributed by atoms with E-state index in [0.29, 0.717) is 17.8 Å². The van der Waals surface area contributed by atoms with E-state index < -0.39 is 5.91 Å². The van der Waals surface area contributed by atoms with Gasteiger partial charge in [-0.2, -0.15) is 4.98 Å². The van der Waals surface area contributed by atoms with Gasteiger partial charge in [-0.15, -0.1) is 0 Å². The minimum absolute atomic E-state index is 0.0382. The largest absolute Gasteiger partial charge is 0.367 e. The number of primary amides is 1. The van der Waals surface area contributed by atoms with Gasteiger partial charge in [0.15, 0.2) is 0 Å². The fraction of sp³-hybridized carbons (Fsp3) is 0.368. The number of nitrogens with two attached hydrogens (primary N) is 1. The summed E-state index contributed by atoms with van der Waals surface area (Å²) in [4.78, 5) is 33.3. The summed E-state index contributed by atoms with van der Waals surface area (Å²) in [5.41, 5.74) is 7.30. The smallest absolute Gasteiger partial charge is 0.254 e. The summed E-state index contributed by atoms with van der Waals surface area (Å²) in [5, 5.41) is 6.43. The molecule has 0 spiro atoms. The summed E-state index contributed by atoms with van der Waals surface area (Å²) in [5.74, 6) is 0.232. The van der Waals surface area contributed by atoms with Gasteiger partial charge in [0.2, 0.25) is 11.9 Å². The quantitative estimate of drug-likeness (QED) is 0.722. The van der Waals surface area contributed by atoms with Crippen LogP contribution in [0.15, 0.2) is 30.5 Å². The lowest BCUT2D eigenvalue weighted by Gasteiger charge is -2.17. The van der Waals surface area contributed by atoms with Crippen LogP contribution in [0.4, 0.5) is 23.1 Å². The third-order valence-electron chi connectivity index (χ3n) is 4.73. The zero-order valence-corrected chi connectivity index (χ0v) is 15.5. The molecule has 1 aliphatic rings. The fourth-order valence-corrected chi connectivity index (χ4v) is 3.08. The Morgan fingerprint density at radius 1 is 1.19 bits per heavy atom. The number of carbonyl (C=O) groups excluding carboxylic acids is 2. The normalized spacial score (nSPS) is 14.0. The molecule has 1 fully saturated rings. The maximum Gasteiger partial charge on any atom is 0.254 e. The number of nitrogens with zero attached hydrogens (tertiary/aromatic N) is 3. The predicted molar refractivity (Wildman–Crippen MR) is 105 cm³/mol. The zero-order valence-electron chi connectivity index (χ0n) is 15.5. The molecule has 1 aliphatic carbocycles. The van der Waals surface area contributed by atoms with Gasteiger partial charge in [0.1, 0.15) is 5.82 Å². The highest BCUT2D eigenvalue weighted by molar-refractivity contribution is 5.97. The summed E-state index contributed by atoms with van der Waals surface area (Å²) < 4.78 is 0. The first kappa shape index (κ1) is 18.6. The van der Waals surface area contributed by atoms with Crippen LogP contribution in [0, 0.1) is 0 Å². The van der Waals surface area contributed by atoms with Gasteiger partial charge in [-0.1, -0.05) is 12.8 Å². The number of rotatable bonds is 6. The maximum atomic E-state index is 11.7. The molecule has 0 saturated heterocycles. The summed E-state index contributed by atoms with van der Waals surface area (Å²) in [6, 6.07) is 7.64. The van der Waals surface area contributed by atoms with Crippen LogP contribution in [0.1, 0.15) is 43.0 Å². The minimum Gasteiger partial charge on any atom is -0.367 e. The van der Waals surface area contributed by atoms with E-state index in [1.807, 2.05) is 24.3 Å². The molecule has 1 heterocycles. The Hall–Kier alpha value is -3.16. The molecule has 0 atom stereocenters. The van der Waals surface area contributed by atoms with Crippen LogP contribution in [-0.4, -0.2) is 34.9 Å². The van der Waals surface area contributed by atoms with Crippen molar-refractivity contribution in [2.75, 3.05) is 22.6 Å². The Bertz CT molecular complexity index is 831. The van der Waals surface area contributed by atoms with Crippen LogP contribution in [-0.2, 0) is 4.79 Å². The highest BCUT2D eigenvalue weighted by atomic mass is 16.2. The first-order chi connectivity index (χ1) is 12.9. The van der Waals surface area contributed by atoms with E-state index >= 15 is 0 Å². The SMILES string of the molecule is CC(=O)N(C)c1ccc(Nc2ncc(C(N)=O)c(NC3CCCC3)n2)cc1. The molecule has 1 aromatic carbocycles. The van der Waals surface area contributed by atoms with E-state index in [-0.39, 0.29) is 11.5 Å². The summed E-state index contributed by atoms with van der Waals surface area (Å²) in [7, 11) is 1.72. The Balaban J connectivity index is 1.78. The van der Waals surface area contributed by atoms with Crippen molar-refractivity contribution in [3.05, 3.63) is 36.0 Å². The van der Waals surface area contributed by atoms with Crippen LogP contribution in [0.2, 0.25) is 0 Å². The van der Waals surface area contributed by atoms with Gasteiger partial charge in [0, 0.05) is 37.6 Å². The van der Waals surface area contributed by atoms with Crippen LogP contribution in [0.5, 0.6) is 0 Å². The molecule has 8 nitrogen and oxygen atoms in total. The molecular formula is C19H24N6O2. The summed E-state index contributed by atoms with van der Waals surface area (Å²) in [6.45, 7) is 1.51. The average molecular weight is 368 g/mol. The van der Waals surface area contributed by atoms with Crippen LogP contribution < -0.4 is 21.3 Å². The van der Waals surface area contributed by atoms with Gasteiger partial charge in [-0.05, 0) is 37.1 Å². The lowest BCUT2D eigenvalue weighted by Crippen LogP contribution is -2.22. The van der Waals surface area contributed by atoms with Crippen molar-refractivity contribution in [3.63, 3.8) is 0 Å². The first-order valence-corrected chi connectivity index (χ1v) is 8.99. The number of hydrogen-bond acceptors (Lipinski definition) is 6. The van der Waals surface area contributed by atoms with Crippen molar-refractivity contribution < 1.29 is 9.59 Å². The molecule has 1 saturated carbocycles. The number of benzene rings is 1. The van der Waals surface area contributed by atoms with Gasteiger partial charge >= 0.3 is 0 Å². The van der Waals surface area contributed by atoms with E-state index in [9.17, 15) is 9.59 Å². The second-order valence-corrected chi connectivity index (χ2v) is 6.70. The lowest BCUT2D eigenvalue weighted by molar-refractivity contribution is -0.116. The fourth-order valence-electron chi connectivity index (χ4n) is 3.08. The van der Waals surface area contributed by atoms with Gasteiger partial charge in [0.25, 0.3) is 5.91 Å². The van der Waals surface area contributed by atoms with E-state index in [1.54, 1.807) is 11.9 Å². The van der Waals surface area contributed by atoms with Crippen molar-refractivity contribution in [3.8, 4) is 0 Å². The molecule has 0 radical (unpaired) electrons. The molecule has 1 aromatic heterocycles. The van der Waals surface area contributed by atoms with Gasteiger partial charge in [-0.3, -0.25) is 9.59 Å². The van der Waals surface area contributed by atoms with Gasteiger partial charge in [0.05, 0.1) is 5.56 Å². The van der Waals surface area contributed by atoms with Crippen molar-refractivity contribution >= 4 is 35.0 Å². The Kier molecular flexibility index (Phi) is 5.54. The van der Waals surface area contributed by atoms with E-state index in [1.165, 1.54) is 26.0 Å². The van der Waals surface area contributed by atoms with Crippen molar-refractivity contribution in [1.29, 1.82) is 0 Å². The molecular weight excluding hydrogens is 344 g/mol. The zero-order chi connectivity index (χ0) is 19.4. The molecule has 27 heavy (non-hydrogen) atoms. The minimum atomic E-state index is -0.557. The molecule has 2 aromatic rings. The van der Waals surface area contributed by atoms with E-state index in [2.05, 4.69) is 20.6 Å². The highest BCUT2D eigenvalue weighted by Crippen LogP contribution is 2.25. The third-order valence-corrected chi connectivity index (χ3v) is 4.73. The van der Waals surface area contributed by atoms with E-state index in [0.717, 1.165) is 24.2 Å². The number of nitrogens with one attached hydrogen (secondary N) is 2. The maximum absolute atomic E-state index is 11.7. The predicted octanol–water partition coefficient (Wildman–Crippen LogP) is 2.66. The molecule has 0 aliphatic heterocycles. The molecule has 2 amide bonds. The molecule has 4 N–H and O–H groups in total. The first-order valence-electron chi connectivity index (χ1n) is 8.99. The average Bonchev–Trinajstić information content (AvgIpc) is 3.14. The molecule has 0 bridgehead atoms. The Morgan fingerprint density at radius 3 is 2.44 bits per heavy atom. The standard InChI is InChI=1S/C19H24N6O2/c1-12(26)25(2)15-9-7-14(8-10-15)23-19-21-11-16(17(20)27)18(24-19)22-13-5-3-4-6-13/h7-11,13H,3-6H2,1-2H3,(H2,20,27)(H2,21,22,23,24).